The minimum absolute atomic E-state index is 0.408. The van der Waals surface area contributed by atoms with Crippen molar-refractivity contribution in [2.24, 2.45) is 0 Å². The maximum Gasteiger partial charge on any atom is 0.143 e. The van der Waals surface area contributed by atoms with Crippen LogP contribution in [0.15, 0.2) is 67.0 Å². The van der Waals surface area contributed by atoms with Crippen molar-refractivity contribution in [1.82, 2.24) is 19.9 Å². The molecule has 6 rings (SSSR count). The van der Waals surface area contributed by atoms with Crippen LogP contribution in [0.5, 0.6) is 0 Å². The highest BCUT2D eigenvalue weighted by Crippen LogP contribution is 2.36. The number of nitriles is 1. The van der Waals surface area contributed by atoms with Crippen molar-refractivity contribution in [3.63, 3.8) is 0 Å². The number of pyridine rings is 2. The lowest BCUT2D eigenvalue weighted by atomic mass is 9.87. The molecule has 0 amide bonds. The first-order chi connectivity index (χ1) is 17.2. The Balaban J connectivity index is 1.17. The van der Waals surface area contributed by atoms with E-state index in [0.717, 1.165) is 67.1 Å². The first kappa shape index (κ1) is 21.6. The highest BCUT2D eigenvalue weighted by molar-refractivity contribution is 5.85. The number of hydrogen-bond donors (Lipinski definition) is 1. The third-order valence-corrected chi connectivity index (χ3v) is 7.50. The van der Waals surface area contributed by atoms with Crippen molar-refractivity contribution in [3.8, 4) is 17.3 Å². The molecule has 1 aliphatic carbocycles. The summed E-state index contributed by atoms with van der Waals surface area (Å²) in [6.07, 6.45) is 5.98. The van der Waals surface area contributed by atoms with Crippen LogP contribution in [0.2, 0.25) is 0 Å². The molecular formula is C28H29N7. The molecule has 7 nitrogen and oxygen atoms in total. The van der Waals surface area contributed by atoms with Gasteiger partial charge >= 0.3 is 0 Å². The predicted octanol–water partition coefficient (Wildman–Crippen LogP) is 4.22. The molecule has 0 atom stereocenters. The molecular weight excluding hydrogens is 434 g/mol. The van der Waals surface area contributed by atoms with E-state index in [-0.39, 0.29) is 0 Å². The monoisotopic (exact) mass is 463 g/mol. The fourth-order valence-electron chi connectivity index (χ4n) is 5.28. The first-order valence-corrected chi connectivity index (χ1v) is 12.3. The quantitative estimate of drug-likeness (QED) is 0.478. The van der Waals surface area contributed by atoms with Gasteiger partial charge in [-0.05, 0) is 56.3 Å². The molecule has 0 bridgehead atoms. The van der Waals surface area contributed by atoms with E-state index in [1.54, 1.807) is 0 Å². The summed E-state index contributed by atoms with van der Waals surface area (Å²) in [5, 5.41) is 13.9. The minimum Gasteiger partial charge on any atom is -0.368 e. The van der Waals surface area contributed by atoms with E-state index < -0.39 is 0 Å². The molecule has 176 valence electrons. The van der Waals surface area contributed by atoms with Crippen molar-refractivity contribution in [3.05, 3.63) is 72.6 Å². The Morgan fingerprint density at radius 2 is 1.71 bits per heavy atom. The van der Waals surface area contributed by atoms with Crippen molar-refractivity contribution in [2.75, 3.05) is 43.0 Å². The molecule has 0 spiro atoms. The topological polar surface area (TPSA) is 73.0 Å². The van der Waals surface area contributed by atoms with Gasteiger partial charge in [0.05, 0.1) is 11.3 Å². The highest BCUT2D eigenvalue weighted by Gasteiger charge is 2.31. The van der Waals surface area contributed by atoms with E-state index in [1.807, 2.05) is 37.6 Å². The fraction of sp³-hybridized carbons (Fsp3) is 0.321. The molecule has 0 unspecified atom stereocenters. The Morgan fingerprint density at radius 3 is 2.40 bits per heavy atom. The van der Waals surface area contributed by atoms with Crippen molar-refractivity contribution >= 4 is 22.5 Å². The summed E-state index contributed by atoms with van der Waals surface area (Å²) in [6.45, 7) is 3.72. The molecule has 1 aromatic carbocycles. The van der Waals surface area contributed by atoms with Crippen molar-refractivity contribution in [1.29, 1.82) is 5.26 Å². The normalized spacial score (nSPS) is 20.0. The summed E-state index contributed by atoms with van der Waals surface area (Å²) in [4.78, 5) is 14.3. The Hall–Kier alpha value is -3.89. The average molecular weight is 464 g/mol. The van der Waals surface area contributed by atoms with E-state index in [4.69, 9.17) is 4.98 Å². The molecule has 7 heteroatoms. The van der Waals surface area contributed by atoms with E-state index in [0.29, 0.717) is 17.6 Å². The van der Waals surface area contributed by atoms with E-state index in [2.05, 4.69) is 67.1 Å². The van der Waals surface area contributed by atoms with Crippen LogP contribution in [0.1, 0.15) is 24.4 Å². The van der Waals surface area contributed by atoms with Gasteiger partial charge in [0, 0.05) is 67.3 Å². The second-order valence-electron chi connectivity index (χ2n) is 9.45. The molecule has 1 aliphatic heterocycles. The molecule has 35 heavy (non-hydrogen) atoms. The third kappa shape index (κ3) is 4.00. The zero-order valence-electron chi connectivity index (χ0n) is 19.9. The van der Waals surface area contributed by atoms with Gasteiger partial charge in [-0.3, -0.25) is 4.98 Å². The number of rotatable bonds is 5. The summed E-state index contributed by atoms with van der Waals surface area (Å²) < 4.78 is 2.23. The van der Waals surface area contributed by atoms with Crippen LogP contribution < -0.4 is 15.1 Å². The van der Waals surface area contributed by atoms with E-state index in [9.17, 15) is 5.26 Å². The van der Waals surface area contributed by atoms with Crippen LogP contribution in [-0.2, 0) is 0 Å². The van der Waals surface area contributed by atoms with Crippen molar-refractivity contribution in [2.45, 2.75) is 24.9 Å². The lowest BCUT2D eigenvalue weighted by Gasteiger charge is -2.37. The van der Waals surface area contributed by atoms with Crippen LogP contribution in [0, 0.1) is 11.3 Å². The van der Waals surface area contributed by atoms with Gasteiger partial charge in [0.2, 0.25) is 0 Å². The molecule has 1 saturated carbocycles. The molecule has 2 aliphatic rings. The van der Waals surface area contributed by atoms with E-state index in [1.165, 1.54) is 5.69 Å². The number of hydrogen-bond acceptors (Lipinski definition) is 6. The van der Waals surface area contributed by atoms with Gasteiger partial charge < -0.3 is 19.7 Å². The smallest absolute Gasteiger partial charge is 0.143 e. The van der Waals surface area contributed by atoms with Crippen LogP contribution in [0.25, 0.3) is 22.3 Å². The molecule has 0 radical (unpaired) electrons. The second-order valence-corrected chi connectivity index (χ2v) is 9.45. The standard InChI is InChI=1S/C28H29N7/c1-30-22-16-24(17-22)35-19-21(18-29)25-9-10-27(32-28(25)35)34-14-12-33(13-15-34)23-7-5-20(6-8-23)26-4-2-3-11-31-26/h2-11,19,22,24,30H,12-17H2,1H3/t22-,24-. The number of aromatic nitrogens is 3. The van der Waals surface area contributed by atoms with Gasteiger partial charge in [0.1, 0.15) is 17.5 Å². The number of anilines is 2. The molecule has 2 fully saturated rings. The molecule has 4 heterocycles. The molecule has 3 aromatic heterocycles. The number of nitrogens with zero attached hydrogens (tertiary/aromatic N) is 6. The number of piperazine rings is 1. The van der Waals surface area contributed by atoms with Gasteiger partial charge in [0.25, 0.3) is 0 Å². The first-order valence-electron chi connectivity index (χ1n) is 12.3. The SMILES string of the molecule is CN[C@H]1C[C@H](n2cc(C#N)c3ccc(N4CCN(c5ccc(-c6ccccn6)cc5)CC4)nc32)C1. The minimum atomic E-state index is 0.408. The number of nitrogens with one attached hydrogen (secondary N) is 1. The molecule has 1 saturated heterocycles. The predicted molar refractivity (Wildman–Crippen MR) is 140 cm³/mol. The largest absolute Gasteiger partial charge is 0.368 e. The zero-order valence-corrected chi connectivity index (χ0v) is 19.9. The van der Waals surface area contributed by atoms with Gasteiger partial charge in [-0.2, -0.15) is 5.26 Å². The lowest BCUT2D eigenvalue weighted by Crippen LogP contribution is -2.46. The average Bonchev–Trinajstić information content (AvgIpc) is 3.26. The van der Waals surface area contributed by atoms with Gasteiger partial charge in [0.15, 0.2) is 0 Å². The summed E-state index contributed by atoms with van der Waals surface area (Å²) in [6, 6.07) is 22.1. The van der Waals surface area contributed by atoms with Crippen LogP contribution >= 0.6 is 0 Å². The Morgan fingerprint density at radius 1 is 0.943 bits per heavy atom. The van der Waals surface area contributed by atoms with Gasteiger partial charge in [-0.1, -0.05) is 18.2 Å². The maximum atomic E-state index is 9.63. The summed E-state index contributed by atoms with van der Waals surface area (Å²) in [5.74, 6) is 0.996. The van der Waals surface area contributed by atoms with Crippen LogP contribution in [0.3, 0.4) is 0 Å². The van der Waals surface area contributed by atoms with Gasteiger partial charge in [-0.25, -0.2) is 4.98 Å². The second kappa shape index (κ2) is 9.05. The Kier molecular flexibility index (Phi) is 5.59. The maximum absolute atomic E-state index is 9.63. The Labute approximate surface area is 205 Å². The van der Waals surface area contributed by atoms with Crippen molar-refractivity contribution < 1.29 is 0 Å². The molecule has 1 N–H and O–H groups in total. The lowest BCUT2D eigenvalue weighted by molar-refractivity contribution is 0.240. The summed E-state index contributed by atoms with van der Waals surface area (Å²) in [5.41, 5.74) is 5.03. The van der Waals surface area contributed by atoms with Crippen LogP contribution in [-0.4, -0.2) is 53.8 Å². The number of fused-ring (bicyclic) bond motifs is 1. The Bertz CT molecular complexity index is 1360. The highest BCUT2D eigenvalue weighted by atomic mass is 15.3. The zero-order chi connectivity index (χ0) is 23.8. The van der Waals surface area contributed by atoms with Gasteiger partial charge in [-0.15, -0.1) is 0 Å². The summed E-state index contributed by atoms with van der Waals surface area (Å²) >= 11 is 0. The van der Waals surface area contributed by atoms with E-state index >= 15 is 0 Å². The van der Waals surface area contributed by atoms with Crippen LogP contribution in [0.4, 0.5) is 11.5 Å². The fourth-order valence-corrected chi connectivity index (χ4v) is 5.28. The number of benzene rings is 1. The molecule has 4 aromatic rings. The third-order valence-electron chi connectivity index (χ3n) is 7.50. The summed E-state index contributed by atoms with van der Waals surface area (Å²) in [7, 11) is 2.01.